The average Bonchev–Trinajstić information content (AvgIpc) is 2.85. The first-order valence-corrected chi connectivity index (χ1v) is 7.01. The molecule has 0 aromatic carbocycles. The minimum atomic E-state index is -5.04. The number of aliphatic hydroxyl groups is 1. The van der Waals surface area contributed by atoms with Crippen LogP contribution in [0.3, 0.4) is 0 Å². The summed E-state index contributed by atoms with van der Waals surface area (Å²) in [5.74, 6) is -1.34. The van der Waals surface area contributed by atoms with Crippen LogP contribution in [0.1, 0.15) is 23.1 Å². The van der Waals surface area contributed by atoms with Crippen molar-refractivity contribution in [1.29, 1.82) is 0 Å². The third-order valence-electron chi connectivity index (χ3n) is 2.85. The molecule has 1 aromatic rings. The zero-order valence-corrected chi connectivity index (χ0v) is 12.5. The van der Waals surface area contributed by atoms with Crippen molar-refractivity contribution in [2.24, 2.45) is 0 Å². The molecule has 1 heterocycles. The van der Waals surface area contributed by atoms with E-state index in [1.807, 2.05) is 0 Å². The number of rotatable bonds is 8. The molecule has 0 saturated heterocycles. The summed E-state index contributed by atoms with van der Waals surface area (Å²) in [6.07, 6.45) is -3.93. The lowest BCUT2D eigenvalue weighted by atomic mass is 9.97. The third-order valence-corrected chi connectivity index (χ3v) is 4.10. The number of hydrogen-bond donors (Lipinski definition) is 1. The summed E-state index contributed by atoms with van der Waals surface area (Å²) < 4.78 is 48.6. The van der Waals surface area contributed by atoms with Crippen LogP contribution in [-0.4, -0.2) is 37.6 Å². The van der Waals surface area contributed by atoms with Crippen LogP contribution < -0.4 is 0 Å². The molecule has 0 radical (unpaired) electrons. The van der Waals surface area contributed by atoms with Crippen molar-refractivity contribution in [3.05, 3.63) is 21.9 Å². The zero-order chi connectivity index (χ0) is 16.1. The number of Topliss-reactive ketones (excluding diaryl/α,β-unsaturated/α-hetero) is 1. The molecule has 0 bridgehead atoms. The van der Waals surface area contributed by atoms with Gasteiger partial charge in [-0.1, -0.05) is 0 Å². The summed E-state index contributed by atoms with van der Waals surface area (Å²) in [4.78, 5) is 11.5. The Kier molecular flexibility index (Phi) is 6.33. The highest BCUT2D eigenvalue weighted by Gasteiger charge is 2.59. The van der Waals surface area contributed by atoms with Crippen molar-refractivity contribution in [3.63, 3.8) is 0 Å². The maximum absolute atomic E-state index is 12.9. The molecule has 1 unspecified atom stereocenters. The Morgan fingerprint density at radius 2 is 2.05 bits per heavy atom. The Morgan fingerprint density at radius 3 is 2.57 bits per heavy atom. The summed E-state index contributed by atoms with van der Waals surface area (Å²) in [5.41, 5.74) is -3.43. The van der Waals surface area contributed by atoms with Gasteiger partial charge in [0.05, 0.1) is 4.88 Å². The van der Waals surface area contributed by atoms with E-state index in [2.05, 4.69) is 0 Å². The number of ether oxygens (including phenoxy) is 2. The highest BCUT2D eigenvalue weighted by atomic mass is 32.1. The SMILES string of the molecule is COCOCCCc1ccc(C(O)(C(C)=O)C(F)(F)F)s1. The maximum atomic E-state index is 12.9. The van der Waals surface area contributed by atoms with Crippen LogP contribution in [0.2, 0.25) is 0 Å². The number of carbonyl (C=O) groups is 1. The lowest BCUT2D eigenvalue weighted by molar-refractivity contribution is -0.253. The van der Waals surface area contributed by atoms with Gasteiger partial charge in [-0.15, -0.1) is 11.3 Å². The van der Waals surface area contributed by atoms with Crippen LogP contribution in [-0.2, 0) is 26.3 Å². The smallest absolute Gasteiger partial charge is 0.369 e. The van der Waals surface area contributed by atoms with E-state index in [9.17, 15) is 23.1 Å². The molecule has 0 aliphatic heterocycles. The van der Waals surface area contributed by atoms with Crippen LogP contribution >= 0.6 is 11.3 Å². The van der Waals surface area contributed by atoms with Gasteiger partial charge in [0.1, 0.15) is 6.79 Å². The van der Waals surface area contributed by atoms with Gasteiger partial charge in [-0.25, -0.2) is 0 Å². The summed E-state index contributed by atoms with van der Waals surface area (Å²) >= 11 is 0.781. The van der Waals surface area contributed by atoms with Gasteiger partial charge in [0.2, 0.25) is 0 Å². The standard InChI is InChI=1S/C13H17F3O4S/c1-9(17)12(18,13(14,15)16)11-6-5-10(21-11)4-3-7-20-8-19-2/h5-6,18H,3-4,7-8H2,1-2H3. The first-order valence-electron chi connectivity index (χ1n) is 6.19. The number of methoxy groups -OCH3 is 1. The highest BCUT2D eigenvalue weighted by molar-refractivity contribution is 7.12. The Labute approximate surface area is 124 Å². The van der Waals surface area contributed by atoms with E-state index in [1.165, 1.54) is 13.2 Å². The van der Waals surface area contributed by atoms with Crippen LogP contribution in [0.15, 0.2) is 12.1 Å². The van der Waals surface area contributed by atoms with Gasteiger partial charge in [-0.05, 0) is 31.9 Å². The predicted molar refractivity (Wildman–Crippen MR) is 71.1 cm³/mol. The van der Waals surface area contributed by atoms with Crippen molar-refractivity contribution in [3.8, 4) is 0 Å². The molecule has 0 spiro atoms. The summed E-state index contributed by atoms with van der Waals surface area (Å²) in [5, 5.41) is 9.75. The molecule has 1 N–H and O–H groups in total. The largest absolute Gasteiger partial charge is 0.429 e. The number of thiophene rings is 1. The first-order chi connectivity index (χ1) is 9.73. The molecule has 1 aromatic heterocycles. The van der Waals surface area contributed by atoms with Crippen molar-refractivity contribution in [1.82, 2.24) is 0 Å². The van der Waals surface area contributed by atoms with Crippen molar-refractivity contribution < 1.29 is 32.5 Å². The molecule has 1 atom stereocenters. The van der Waals surface area contributed by atoms with Gasteiger partial charge in [0, 0.05) is 18.6 Å². The Hall–Kier alpha value is -0.960. The zero-order valence-electron chi connectivity index (χ0n) is 11.7. The van der Waals surface area contributed by atoms with Crippen molar-refractivity contribution >= 4 is 17.1 Å². The lowest BCUT2D eigenvalue weighted by Gasteiger charge is -2.26. The number of ketones is 1. The van der Waals surface area contributed by atoms with Crippen molar-refractivity contribution in [2.75, 3.05) is 20.5 Å². The van der Waals surface area contributed by atoms with Gasteiger partial charge >= 0.3 is 6.18 Å². The van der Waals surface area contributed by atoms with Gasteiger partial charge in [0.15, 0.2) is 5.78 Å². The monoisotopic (exact) mass is 326 g/mol. The number of halogens is 3. The highest BCUT2D eigenvalue weighted by Crippen LogP contribution is 2.42. The van der Waals surface area contributed by atoms with Crippen LogP contribution in [0, 0.1) is 0 Å². The van der Waals surface area contributed by atoms with Gasteiger partial charge in [-0.3, -0.25) is 4.79 Å². The average molecular weight is 326 g/mol. The normalized spacial score (nSPS) is 15.0. The van der Waals surface area contributed by atoms with E-state index in [1.54, 1.807) is 0 Å². The maximum Gasteiger partial charge on any atom is 0.429 e. The van der Waals surface area contributed by atoms with Crippen molar-refractivity contribution in [2.45, 2.75) is 31.5 Å². The summed E-state index contributed by atoms with van der Waals surface area (Å²) in [7, 11) is 1.49. The Balaban J connectivity index is 2.75. The van der Waals surface area contributed by atoms with E-state index in [0.717, 1.165) is 24.3 Å². The molecule has 0 saturated carbocycles. The Morgan fingerprint density at radius 1 is 1.38 bits per heavy atom. The molecule has 0 aliphatic rings. The Bertz CT molecular complexity index is 472. The number of alkyl halides is 3. The topological polar surface area (TPSA) is 55.8 Å². The fourth-order valence-corrected chi connectivity index (χ4v) is 2.92. The van der Waals surface area contributed by atoms with E-state index in [4.69, 9.17) is 9.47 Å². The number of carbonyl (C=O) groups excluding carboxylic acids is 1. The second kappa shape index (κ2) is 7.35. The fraction of sp³-hybridized carbons (Fsp3) is 0.615. The van der Waals surface area contributed by atoms with Gasteiger partial charge < -0.3 is 14.6 Å². The summed E-state index contributed by atoms with van der Waals surface area (Å²) in [6, 6.07) is 2.63. The lowest BCUT2D eigenvalue weighted by Crippen LogP contribution is -2.47. The second-order valence-electron chi connectivity index (χ2n) is 4.45. The van der Waals surface area contributed by atoms with Gasteiger partial charge in [0.25, 0.3) is 5.60 Å². The minimum absolute atomic E-state index is 0.161. The predicted octanol–water partition coefficient (Wildman–Crippen LogP) is 2.64. The number of hydrogen-bond acceptors (Lipinski definition) is 5. The van der Waals surface area contributed by atoms with E-state index >= 15 is 0 Å². The molecular formula is C13H17F3O4S. The molecule has 0 fully saturated rings. The van der Waals surface area contributed by atoms with Crippen LogP contribution in [0.5, 0.6) is 0 Å². The van der Waals surface area contributed by atoms with Crippen LogP contribution in [0.4, 0.5) is 13.2 Å². The molecule has 21 heavy (non-hydrogen) atoms. The molecule has 1 rings (SSSR count). The third kappa shape index (κ3) is 4.26. The van der Waals surface area contributed by atoms with Crippen LogP contribution in [0.25, 0.3) is 0 Å². The number of aryl methyl sites for hydroxylation is 1. The molecule has 120 valence electrons. The molecular weight excluding hydrogens is 309 g/mol. The summed E-state index contributed by atoms with van der Waals surface area (Å²) in [6.45, 7) is 1.30. The molecule has 4 nitrogen and oxygen atoms in total. The van der Waals surface area contributed by atoms with E-state index in [-0.39, 0.29) is 6.79 Å². The van der Waals surface area contributed by atoms with Gasteiger partial charge in [-0.2, -0.15) is 13.2 Å². The minimum Gasteiger partial charge on any atom is -0.369 e. The molecule has 0 amide bonds. The molecule has 0 aliphatic carbocycles. The van der Waals surface area contributed by atoms with E-state index < -0.39 is 22.4 Å². The second-order valence-corrected chi connectivity index (χ2v) is 5.62. The molecule has 8 heteroatoms. The quantitative estimate of drug-likeness (QED) is 0.589. The fourth-order valence-electron chi connectivity index (χ4n) is 1.71. The van der Waals surface area contributed by atoms with E-state index in [0.29, 0.717) is 24.3 Å². The first kappa shape index (κ1) is 18.1.